The molecule has 1 saturated heterocycles. The minimum atomic E-state index is -0.198. The van der Waals surface area contributed by atoms with Gasteiger partial charge in [-0.05, 0) is 34.1 Å². The highest BCUT2D eigenvalue weighted by Gasteiger charge is 2.13. The zero-order chi connectivity index (χ0) is 9.97. The zero-order valence-electron chi connectivity index (χ0n) is 8.58. The number of anilines is 1. The fraction of sp³-hybridized carbons (Fsp3) is 0.400. The van der Waals surface area contributed by atoms with Crippen molar-refractivity contribution < 1.29 is 4.39 Å². The van der Waals surface area contributed by atoms with E-state index in [1.807, 2.05) is 6.07 Å². The molecule has 1 aromatic rings. The smallest absolute Gasteiger partial charge is 0.124 e. The van der Waals surface area contributed by atoms with Gasteiger partial charge in [-0.3, -0.25) is 0 Å². The fourth-order valence-electron chi connectivity index (χ4n) is 1.64. The number of benzene rings is 1. The highest BCUT2D eigenvalue weighted by molar-refractivity contribution is 9.10. The Hall–Kier alpha value is -0.0300. The van der Waals surface area contributed by atoms with Crippen molar-refractivity contribution in [1.29, 1.82) is 0 Å². The van der Waals surface area contributed by atoms with E-state index in [9.17, 15) is 4.39 Å². The maximum Gasteiger partial charge on any atom is 0.124 e. The van der Waals surface area contributed by atoms with Crippen LogP contribution in [0.25, 0.3) is 0 Å². The first-order chi connectivity index (χ1) is 6.77. The van der Waals surface area contributed by atoms with Crippen LogP contribution in [0.1, 0.15) is 0 Å². The first kappa shape index (κ1) is 16.0. The summed E-state index contributed by atoms with van der Waals surface area (Å²) >= 11 is 3.38. The Balaban J connectivity index is 0.00000112. The van der Waals surface area contributed by atoms with Gasteiger partial charge in [0, 0.05) is 30.7 Å². The molecule has 1 heterocycles. The molecule has 0 radical (unpaired) electrons. The summed E-state index contributed by atoms with van der Waals surface area (Å²) in [5, 5.41) is 3.28. The predicted octanol–water partition coefficient (Wildman–Crippen LogP) is 2.84. The second kappa shape index (κ2) is 7.33. The zero-order valence-corrected chi connectivity index (χ0v) is 11.8. The lowest BCUT2D eigenvalue weighted by Gasteiger charge is -2.30. The van der Waals surface area contributed by atoms with Gasteiger partial charge in [-0.25, -0.2) is 4.39 Å². The van der Waals surface area contributed by atoms with Crippen LogP contribution in [0, 0.1) is 5.82 Å². The highest BCUT2D eigenvalue weighted by Crippen LogP contribution is 2.26. The Kier molecular flexibility index (Phi) is 7.31. The van der Waals surface area contributed by atoms with Gasteiger partial charge in [0.2, 0.25) is 0 Å². The van der Waals surface area contributed by atoms with Crippen molar-refractivity contribution in [2.24, 2.45) is 0 Å². The third-order valence-electron chi connectivity index (χ3n) is 2.37. The standard InChI is InChI=1S/C10H12BrFN2.2ClH/c11-9-7-8(12)1-2-10(9)14-5-3-13-4-6-14;;/h1-2,7,13H,3-6H2;2*1H. The van der Waals surface area contributed by atoms with E-state index in [1.54, 1.807) is 0 Å². The van der Waals surface area contributed by atoms with Crippen LogP contribution in [0.3, 0.4) is 0 Å². The number of hydrogen-bond acceptors (Lipinski definition) is 2. The SMILES string of the molecule is Cl.Cl.Fc1ccc(N2CCNCC2)c(Br)c1. The minimum Gasteiger partial charge on any atom is -0.368 e. The van der Waals surface area contributed by atoms with E-state index >= 15 is 0 Å². The topological polar surface area (TPSA) is 15.3 Å². The van der Waals surface area contributed by atoms with E-state index in [2.05, 4.69) is 26.1 Å². The van der Waals surface area contributed by atoms with Crippen LogP contribution < -0.4 is 10.2 Å². The van der Waals surface area contributed by atoms with Crippen molar-refractivity contribution in [2.45, 2.75) is 0 Å². The van der Waals surface area contributed by atoms with Gasteiger partial charge >= 0.3 is 0 Å². The molecule has 6 heteroatoms. The highest BCUT2D eigenvalue weighted by atomic mass is 79.9. The fourth-order valence-corrected chi connectivity index (χ4v) is 2.25. The van der Waals surface area contributed by atoms with Crippen molar-refractivity contribution in [3.05, 3.63) is 28.5 Å². The summed E-state index contributed by atoms with van der Waals surface area (Å²) < 4.78 is 13.7. The molecule has 16 heavy (non-hydrogen) atoms. The van der Waals surface area contributed by atoms with E-state index < -0.39 is 0 Å². The molecular formula is C10H14BrCl2FN2. The number of rotatable bonds is 1. The lowest BCUT2D eigenvalue weighted by molar-refractivity contribution is 0.586. The Morgan fingerprint density at radius 3 is 2.38 bits per heavy atom. The van der Waals surface area contributed by atoms with Gasteiger partial charge < -0.3 is 10.2 Å². The van der Waals surface area contributed by atoms with Crippen LogP contribution in [0.15, 0.2) is 22.7 Å². The van der Waals surface area contributed by atoms with E-state index in [4.69, 9.17) is 0 Å². The van der Waals surface area contributed by atoms with Crippen molar-refractivity contribution in [2.75, 3.05) is 31.1 Å². The normalized spacial score (nSPS) is 15.0. The number of nitrogens with one attached hydrogen (secondary N) is 1. The van der Waals surface area contributed by atoms with Gasteiger partial charge in [0.1, 0.15) is 5.82 Å². The predicted molar refractivity (Wildman–Crippen MR) is 73.7 cm³/mol. The number of nitrogens with zero attached hydrogens (tertiary/aromatic N) is 1. The average Bonchev–Trinajstić information content (AvgIpc) is 2.19. The first-order valence-corrected chi connectivity index (χ1v) is 5.47. The lowest BCUT2D eigenvalue weighted by Crippen LogP contribution is -2.43. The second-order valence-corrected chi connectivity index (χ2v) is 4.19. The summed E-state index contributed by atoms with van der Waals surface area (Å²) in [6, 6.07) is 4.84. The molecule has 1 aliphatic rings. The molecule has 1 aromatic carbocycles. The summed E-state index contributed by atoms with van der Waals surface area (Å²) in [4.78, 5) is 2.25. The van der Waals surface area contributed by atoms with E-state index in [0.717, 1.165) is 36.3 Å². The molecule has 1 N–H and O–H groups in total. The summed E-state index contributed by atoms with van der Waals surface area (Å²) in [5.41, 5.74) is 1.08. The molecule has 92 valence electrons. The quantitative estimate of drug-likeness (QED) is 0.851. The number of halogens is 4. The third-order valence-corrected chi connectivity index (χ3v) is 3.00. The minimum absolute atomic E-state index is 0. The van der Waals surface area contributed by atoms with Gasteiger partial charge in [-0.1, -0.05) is 0 Å². The number of piperazine rings is 1. The lowest BCUT2D eigenvalue weighted by atomic mass is 10.2. The summed E-state index contributed by atoms with van der Waals surface area (Å²) in [6.07, 6.45) is 0. The molecule has 2 rings (SSSR count). The Labute approximate surface area is 116 Å². The summed E-state index contributed by atoms with van der Waals surface area (Å²) in [6.45, 7) is 3.93. The molecule has 0 saturated carbocycles. The largest absolute Gasteiger partial charge is 0.368 e. The van der Waals surface area contributed by atoms with Crippen LogP contribution in [-0.2, 0) is 0 Å². The third kappa shape index (κ3) is 3.77. The van der Waals surface area contributed by atoms with E-state index in [1.165, 1.54) is 12.1 Å². The maximum atomic E-state index is 12.9. The Bertz CT molecular complexity index is 333. The molecule has 2 nitrogen and oxygen atoms in total. The maximum absolute atomic E-state index is 12.9. The summed E-state index contributed by atoms with van der Waals surface area (Å²) in [5.74, 6) is -0.198. The van der Waals surface area contributed by atoms with Crippen molar-refractivity contribution in [3.8, 4) is 0 Å². The molecule has 0 spiro atoms. The van der Waals surface area contributed by atoms with Crippen LogP contribution in [-0.4, -0.2) is 26.2 Å². The molecule has 0 aromatic heterocycles. The van der Waals surface area contributed by atoms with Crippen molar-refractivity contribution >= 4 is 46.4 Å². The van der Waals surface area contributed by atoms with Crippen molar-refractivity contribution in [3.63, 3.8) is 0 Å². The monoisotopic (exact) mass is 330 g/mol. The van der Waals surface area contributed by atoms with Gasteiger partial charge in [0.25, 0.3) is 0 Å². The van der Waals surface area contributed by atoms with Crippen LogP contribution >= 0.6 is 40.7 Å². The molecule has 0 aliphatic carbocycles. The Morgan fingerprint density at radius 1 is 1.19 bits per heavy atom. The van der Waals surface area contributed by atoms with Gasteiger partial charge in [-0.15, -0.1) is 24.8 Å². The van der Waals surface area contributed by atoms with Crippen molar-refractivity contribution in [1.82, 2.24) is 5.32 Å². The second-order valence-electron chi connectivity index (χ2n) is 3.33. The molecule has 0 unspecified atom stereocenters. The molecule has 0 amide bonds. The van der Waals surface area contributed by atoms with Gasteiger partial charge in [0.05, 0.1) is 5.69 Å². The molecular weight excluding hydrogens is 318 g/mol. The van der Waals surface area contributed by atoms with Crippen LogP contribution in [0.4, 0.5) is 10.1 Å². The first-order valence-electron chi connectivity index (χ1n) is 4.68. The number of hydrogen-bond donors (Lipinski definition) is 1. The van der Waals surface area contributed by atoms with E-state index in [-0.39, 0.29) is 30.6 Å². The molecule has 0 atom stereocenters. The average molecular weight is 332 g/mol. The van der Waals surface area contributed by atoms with E-state index in [0.29, 0.717) is 0 Å². The van der Waals surface area contributed by atoms with Gasteiger partial charge in [0.15, 0.2) is 0 Å². The van der Waals surface area contributed by atoms with Crippen LogP contribution in [0.5, 0.6) is 0 Å². The van der Waals surface area contributed by atoms with Gasteiger partial charge in [-0.2, -0.15) is 0 Å². The molecule has 0 bridgehead atoms. The van der Waals surface area contributed by atoms with Crippen LogP contribution in [0.2, 0.25) is 0 Å². The summed E-state index contributed by atoms with van der Waals surface area (Å²) in [7, 11) is 0. The molecule has 1 fully saturated rings. The Morgan fingerprint density at radius 2 is 1.81 bits per heavy atom. The molecule has 1 aliphatic heterocycles.